The summed E-state index contributed by atoms with van der Waals surface area (Å²) in [5.41, 5.74) is -0.994. The van der Waals surface area contributed by atoms with E-state index in [1.807, 2.05) is 0 Å². The normalized spacial score (nSPS) is 28.7. The fraction of sp³-hybridized carbons (Fsp3) is 0.444. The molecule has 1 aromatic heterocycles. The van der Waals surface area contributed by atoms with E-state index in [1.54, 1.807) is 26.0 Å². The summed E-state index contributed by atoms with van der Waals surface area (Å²) in [6.07, 6.45) is -1.31. The Balaban J connectivity index is 1.73. The van der Waals surface area contributed by atoms with Crippen molar-refractivity contribution in [2.24, 2.45) is 0 Å². The number of amides is 1. The predicted molar refractivity (Wildman–Crippen MR) is 88.8 cm³/mol. The minimum Gasteiger partial charge on any atom is -0.448 e. The van der Waals surface area contributed by atoms with Crippen LogP contribution < -0.4 is 5.32 Å². The van der Waals surface area contributed by atoms with Gasteiger partial charge in [-0.2, -0.15) is 0 Å². The monoisotopic (exact) mass is 364 g/mol. The predicted octanol–water partition coefficient (Wildman–Crippen LogP) is 1.49. The lowest BCUT2D eigenvalue weighted by molar-refractivity contribution is -0.210. The zero-order valence-electron chi connectivity index (χ0n) is 14.5. The molecule has 1 fully saturated rings. The van der Waals surface area contributed by atoms with Crippen molar-refractivity contribution < 1.29 is 28.6 Å². The van der Waals surface area contributed by atoms with Crippen molar-refractivity contribution in [1.82, 2.24) is 10.3 Å². The Labute approximate surface area is 149 Å². The number of aryl methyl sites for hydroxylation is 1. The second-order valence-corrected chi connectivity index (χ2v) is 6.57. The van der Waals surface area contributed by atoms with Crippen LogP contribution in [0.25, 0.3) is 0 Å². The number of nitrogens with one attached hydrogen (secondary N) is 1. The van der Waals surface area contributed by atoms with Crippen molar-refractivity contribution in [3.8, 4) is 0 Å². The van der Waals surface area contributed by atoms with Gasteiger partial charge in [0.1, 0.15) is 23.8 Å². The van der Waals surface area contributed by atoms with E-state index in [0.717, 1.165) is 0 Å². The van der Waals surface area contributed by atoms with Gasteiger partial charge in [-0.05, 0) is 24.6 Å². The lowest BCUT2D eigenvalue weighted by Crippen LogP contribution is -2.59. The van der Waals surface area contributed by atoms with Crippen LogP contribution in [0, 0.1) is 12.7 Å². The third kappa shape index (κ3) is 3.77. The second kappa shape index (κ2) is 7.14. The SMILES string of the molecule is Cc1nc(C(=O)NC[C@]2(O)C[C@H](c3cccc(F)c3)O[C@H](C)[C@H]2O)co1. The molecule has 140 valence electrons. The molecule has 3 N–H and O–H groups in total. The fourth-order valence-corrected chi connectivity index (χ4v) is 3.13. The molecule has 26 heavy (non-hydrogen) atoms. The molecule has 1 aliphatic rings. The van der Waals surface area contributed by atoms with Crippen LogP contribution in [-0.4, -0.2) is 45.5 Å². The average Bonchev–Trinajstić information content (AvgIpc) is 3.04. The molecule has 1 aliphatic heterocycles. The number of aromatic nitrogens is 1. The molecule has 0 bridgehead atoms. The van der Waals surface area contributed by atoms with Crippen LogP contribution in [0.2, 0.25) is 0 Å². The summed E-state index contributed by atoms with van der Waals surface area (Å²) in [4.78, 5) is 16.0. The summed E-state index contributed by atoms with van der Waals surface area (Å²) in [7, 11) is 0. The third-order valence-corrected chi connectivity index (χ3v) is 4.54. The van der Waals surface area contributed by atoms with Crippen LogP contribution >= 0.6 is 0 Å². The maximum absolute atomic E-state index is 13.5. The second-order valence-electron chi connectivity index (χ2n) is 6.57. The number of hydrogen-bond donors (Lipinski definition) is 3. The van der Waals surface area contributed by atoms with E-state index in [4.69, 9.17) is 9.15 Å². The van der Waals surface area contributed by atoms with Gasteiger partial charge in [0.25, 0.3) is 5.91 Å². The molecule has 2 heterocycles. The van der Waals surface area contributed by atoms with Gasteiger partial charge in [-0.1, -0.05) is 12.1 Å². The highest BCUT2D eigenvalue weighted by atomic mass is 19.1. The van der Waals surface area contributed by atoms with E-state index in [2.05, 4.69) is 10.3 Å². The lowest BCUT2D eigenvalue weighted by atomic mass is 9.82. The Morgan fingerprint density at radius 2 is 2.27 bits per heavy atom. The molecular formula is C18H21FN2O5. The number of carbonyl (C=O) groups is 1. The minimum atomic E-state index is -1.64. The summed E-state index contributed by atoms with van der Waals surface area (Å²) < 4.78 is 24.2. The molecule has 1 saturated heterocycles. The first-order valence-electron chi connectivity index (χ1n) is 8.30. The lowest BCUT2D eigenvalue weighted by Gasteiger charge is -2.44. The quantitative estimate of drug-likeness (QED) is 0.759. The van der Waals surface area contributed by atoms with Crippen LogP contribution in [0.1, 0.15) is 41.4 Å². The Kier molecular flexibility index (Phi) is 5.08. The molecule has 2 aromatic rings. The Hall–Kier alpha value is -2.29. The van der Waals surface area contributed by atoms with Gasteiger partial charge in [0, 0.05) is 19.9 Å². The number of oxazole rings is 1. The van der Waals surface area contributed by atoms with Gasteiger partial charge in [-0.3, -0.25) is 4.79 Å². The molecule has 3 rings (SSSR count). The largest absolute Gasteiger partial charge is 0.448 e. The Morgan fingerprint density at radius 1 is 1.50 bits per heavy atom. The van der Waals surface area contributed by atoms with Gasteiger partial charge >= 0.3 is 0 Å². The third-order valence-electron chi connectivity index (χ3n) is 4.54. The first-order valence-corrected chi connectivity index (χ1v) is 8.30. The van der Waals surface area contributed by atoms with Gasteiger partial charge < -0.3 is 24.7 Å². The molecule has 7 nitrogen and oxygen atoms in total. The van der Waals surface area contributed by atoms with E-state index >= 15 is 0 Å². The van der Waals surface area contributed by atoms with Gasteiger partial charge in [0.2, 0.25) is 0 Å². The molecule has 0 unspecified atom stereocenters. The molecule has 0 spiro atoms. The smallest absolute Gasteiger partial charge is 0.273 e. The Morgan fingerprint density at radius 3 is 2.92 bits per heavy atom. The topological polar surface area (TPSA) is 105 Å². The summed E-state index contributed by atoms with van der Waals surface area (Å²) in [6.45, 7) is 3.01. The standard InChI is InChI=1S/C18H21FN2O5/c1-10-16(22)18(24,9-20-17(23)14-8-25-11(2)21-14)7-15(26-10)12-4-3-5-13(19)6-12/h3-6,8,10,15-16,22,24H,7,9H2,1-2H3,(H,20,23)/t10-,15-,16-,18-/m1/s1. The van der Waals surface area contributed by atoms with Crippen molar-refractivity contribution in [2.45, 2.75) is 44.2 Å². The van der Waals surface area contributed by atoms with Crippen molar-refractivity contribution in [3.63, 3.8) is 0 Å². The van der Waals surface area contributed by atoms with E-state index in [-0.39, 0.29) is 18.7 Å². The van der Waals surface area contributed by atoms with Crippen molar-refractivity contribution in [2.75, 3.05) is 6.54 Å². The van der Waals surface area contributed by atoms with Crippen LogP contribution in [0.4, 0.5) is 4.39 Å². The highest BCUT2D eigenvalue weighted by Crippen LogP contribution is 2.37. The number of aliphatic hydroxyl groups excluding tert-OH is 1. The van der Waals surface area contributed by atoms with E-state index < -0.39 is 35.6 Å². The number of benzene rings is 1. The zero-order chi connectivity index (χ0) is 18.9. The summed E-state index contributed by atoms with van der Waals surface area (Å²) in [5, 5.41) is 23.9. The molecule has 1 amide bonds. The number of rotatable bonds is 4. The minimum absolute atomic E-state index is 0.0000826. The number of nitrogens with zero attached hydrogens (tertiary/aromatic N) is 1. The molecule has 0 aliphatic carbocycles. The summed E-state index contributed by atoms with van der Waals surface area (Å²) in [5.74, 6) is -0.591. The molecule has 4 atom stereocenters. The van der Waals surface area contributed by atoms with Crippen LogP contribution in [-0.2, 0) is 4.74 Å². The van der Waals surface area contributed by atoms with Gasteiger partial charge in [-0.15, -0.1) is 0 Å². The fourth-order valence-electron chi connectivity index (χ4n) is 3.13. The van der Waals surface area contributed by atoms with Crippen molar-refractivity contribution in [3.05, 3.63) is 53.5 Å². The molecule has 0 saturated carbocycles. The van der Waals surface area contributed by atoms with Crippen LogP contribution in [0.3, 0.4) is 0 Å². The van der Waals surface area contributed by atoms with Crippen LogP contribution in [0.5, 0.6) is 0 Å². The highest BCUT2D eigenvalue weighted by Gasteiger charge is 2.47. The molecule has 1 aromatic carbocycles. The number of aliphatic hydroxyl groups is 2. The Bertz CT molecular complexity index is 795. The van der Waals surface area contributed by atoms with Crippen molar-refractivity contribution in [1.29, 1.82) is 0 Å². The molecule has 8 heteroatoms. The zero-order valence-corrected chi connectivity index (χ0v) is 14.5. The van der Waals surface area contributed by atoms with Crippen molar-refractivity contribution >= 4 is 5.91 Å². The highest BCUT2D eigenvalue weighted by molar-refractivity contribution is 5.91. The summed E-state index contributed by atoms with van der Waals surface area (Å²) >= 11 is 0. The maximum atomic E-state index is 13.5. The van der Waals surface area contributed by atoms with E-state index in [1.165, 1.54) is 18.4 Å². The number of carbonyl (C=O) groups excluding carboxylic acids is 1. The van der Waals surface area contributed by atoms with E-state index in [9.17, 15) is 19.4 Å². The first-order chi connectivity index (χ1) is 12.3. The average molecular weight is 364 g/mol. The first kappa shape index (κ1) is 18.5. The number of hydrogen-bond acceptors (Lipinski definition) is 6. The maximum Gasteiger partial charge on any atom is 0.273 e. The van der Waals surface area contributed by atoms with E-state index in [0.29, 0.717) is 11.5 Å². The van der Waals surface area contributed by atoms with Gasteiger partial charge in [0.05, 0.1) is 12.2 Å². The van der Waals surface area contributed by atoms with Gasteiger partial charge in [-0.25, -0.2) is 9.37 Å². The molecular weight excluding hydrogens is 343 g/mol. The summed E-state index contributed by atoms with van der Waals surface area (Å²) in [6, 6.07) is 5.88. The number of ether oxygens (including phenoxy) is 1. The number of halogens is 1. The molecule has 0 radical (unpaired) electrons. The van der Waals surface area contributed by atoms with Gasteiger partial charge in [0.15, 0.2) is 11.6 Å². The van der Waals surface area contributed by atoms with Crippen LogP contribution in [0.15, 0.2) is 34.9 Å².